The first kappa shape index (κ1) is 8.60. The third-order valence-electron chi connectivity index (χ3n) is 3.01. The molecule has 72 valence electrons. The van der Waals surface area contributed by atoms with Crippen LogP contribution in [-0.4, -0.2) is 9.78 Å². The summed E-state index contributed by atoms with van der Waals surface area (Å²) >= 11 is 0. The molecule has 0 spiro atoms. The first-order valence-corrected chi connectivity index (χ1v) is 5.06. The van der Waals surface area contributed by atoms with E-state index in [-0.39, 0.29) is 0 Å². The lowest BCUT2D eigenvalue weighted by Gasteiger charge is -2.22. The van der Waals surface area contributed by atoms with Crippen LogP contribution >= 0.6 is 0 Å². The lowest BCUT2D eigenvalue weighted by atomic mass is 9.86. The highest BCUT2D eigenvalue weighted by Gasteiger charge is 2.20. The first-order chi connectivity index (χ1) is 6.29. The van der Waals surface area contributed by atoms with Gasteiger partial charge in [0.05, 0.1) is 17.6 Å². The second kappa shape index (κ2) is 3.40. The standard InChI is InChI=1S/C10H17N3/c1-13-10(9(11)7-12-13)8-5-3-2-4-6-8/h7-8H,2-6,11H2,1H3. The maximum atomic E-state index is 5.89. The van der Waals surface area contributed by atoms with E-state index < -0.39 is 0 Å². The molecule has 0 saturated heterocycles. The van der Waals surface area contributed by atoms with Crippen molar-refractivity contribution in [3.05, 3.63) is 11.9 Å². The van der Waals surface area contributed by atoms with Gasteiger partial charge in [-0.2, -0.15) is 5.10 Å². The molecule has 1 aliphatic rings. The van der Waals surface area contributed by atoms with Gasteiger partial charge in [-0.15, -0.1) is 0 Å². The minimum Gasteiger partial charge on any atom is -0.396 e. The van der Waals surface area contributed by atoms with Crippen molar-refractivity contribution < 1.29 is 0 Å². The smallest absolute Gasteiger partial charge is 0.0735 e. The van der Waals surface area contributed by atoms with Crippen LogP contribution in [0.5, 0.6) is 0 Å². The van der Waals surface area contributed by atoms with Gasteiger partial charge in [0.2, 0.25) is 0 Å². The Morgan fingerprint density at radius 2 is 2.08 bits per heavy atom. The van der Waals surface area contributed by atoms with Crippen LogP contribution in [0.4, 0.5) is 5.69 Å². The van der Waals surface area contributed by atoms with Gasteiger partial charge in [-0.3, -0.25) is 4.68 Å². The van der Waals surface area contributed by atoms with Crippen molar-refractivity contribution in [1.82, 2.24) is 9.78 Å². The minimum absolute atomic E-state index is 0.654. The Kier molecular flexibility index (Phi) is 2.25. The lowest BCUT2D eigenvalue weighted by Crippen LogP contribution is -2.11. The third kappa shape index (κ3) is 1.55. The van der Waals surface area contributed by atoms with Crippen molar-refractivity contribution >= 4 is 5.69 Å². The molecule has 1 aliphatic carbocycles. The van der Waals surface area contributed by atoms with Crippen LogP contribution in [0, 0.1) is 0 Å². The fraction of sp³-hybridized carbons (Fsp3) is 0.700. The maximum Gasteiger partial charge on any atom is 0.0735 e. The summed E-state index contributed by atoms with van der Waals surface area (Å²) in [7, 11) is 1.99. The Bertz CT molecular complexity index is 265. The van der Waals surface area contributed by atoms with Crippen LogP contribution in [0.15, 0.2) is 6.20 Å². The van der Waals surface area contributed by atoms with Crippen LogP contribution in [-0.2, 0) is 7.05 Å². The Labute approximate surface area is 78.9 Å². The molecular weight excluding hydrogens is 162 g/mol. The summed E-state index contributed by atoms with van der Waals surface area (Å²) in [4.78, 5) is 0. The molecule has 0 aliphatic heterocycles. The minimum atomic E-state index is 0.654. The summed E-state index contributed by atoms with van der Waals surface area (Å²) < 4.78 is 1.94. The zero-order valence-electron chi connectivity index (χ0n) is 8.16. The van der Waals surface area contributed by atoms with Crippen molar-refractivity contribution in [3.8, 4) is 0 Å². The van der Waals surface area contributed by atoms with E-state index in [1.54, 1.807) is 6.20 Å². The number of aryl methyl sites for hydroxylation is 1. The second-order valence-corrected chi connectivity index (χ2v) is 3.94. The first-order valence-electron chi connectivity index (χ1n) is 5.06. The van der Waals surface area contributed by atoms with Crippen LogP contribution < -0.4 is 5.73 Å². The lowest BCUT2D eigenvalue weighted by molar-refractivity contribution is 0.425. The van der Waals surface area contributed by atoms with Gasteiger partial charge < -0.3 is 5.73 Å². The van der Waals surface area contributed by atoms with Gasteiger partial charge in [0.1, 0.15) is 0 Å². The number of nitrogen functional groups attached to an aromatic ring is 1. The molecule has 1 heterocycles. The quantitative estimate of drug-likeness (QED) is 0.717. The number of rotatable bonds is 1. The van der Waals surface area contributed by atoms with Crippen LogP contribution in [0.1, 0.15) is 43.7 Å². The number of aromatic nitrogens is 2. The Balaban J connectivity index is 2.22. The molecule has 0 bridgehead atoms. The highest BCUT2D eigenvalue weighted by atomic mass is 15.3. The number of hydrogen-bond acceptors (Lipinski definition) is 2. The summed E-state index contributed by atoms with van der Waals surface area (Å²) in [6.07, 6.45) is 8.40. The molecule has 3 heteroatoms. The summed E-state index contributed by atoms with van der Waals surface area (Å²) in [5, 5.41) is 4.18. The SMILES string of the molecule is Cn1ncc(N)c1C1CCCCC1. The predicted octanol–water partition coefficient (Wildman–Crippen LogP) is 2.05. The summed E-state index contributed by atoms with van der Waals surface area (Å²) in [5.41, 5.74) is 8.01. The third-order valence-corrected chi connectivity index (χ3v) is 3.01. The topological polar surface area (TPSA) is 43.8 Å². The van der Waals surface area contributed by atoms with Gasteiger partial charge in [-0.25, -0.2) is 0 Å². The van der Waals surface area contributed by atoms with Crippen LogP contribution in [0.2, 0.25) is 0 Å². The second-order valence-electron chi connectivity index (χ2n) is 3.94. The Morgan fingerprint density at radius 3 is 2.62 bits per heavy atom. The fourth-order valence-corrected chi connectivity index (χ4v) is 2.34. The number of nitrogens with two attached hydrogens (primary N) is 1. The van der Waals surface area contributed by atoms with E-state index in [1.807, 2.05) is 11.7 Å². The molecule has 13 heavy (non-hydrogen) atoms. The molecule has 1 aromatic heterocycles. The predicted molar refractivity (Wildman–Crippen MR) is 53.4 cm³/mol. The zero-order valence-corrected chi connectivity index (χ0v) is 8.16. The molecule has 2 N–H and O–H groups in total. The highest BCUT2D eigenvalue weighted by molar-refractivity contribution is 5.43. The molecule has 0 atom stereocenters. The van der Waals surface area contributed by atoms with Crippen molar-refractivity contribution in [2.45, 2.75) is 38.0 Å². The fourth-order valence-electron chi connectivity index (χ4n) is 2.34. The van der Waals surface area contributed by atoms with E-state index in [1.165, 1.54) is 37.8 Å². The molecule has 3 nitrogen and oxygen atoms in total. The molecule has 0 amide bonds. The molecular formula is C10H17N3. The van der Waals surface area contributed by atoms with E-state index >= 15 is 0 Å². The summed E-state index contributed by atoms with van der Waals surface area (Å²) in [6, 6.07) is 0. The van der Waals surface area contributed by atoms with Gasteiger partial charge in [0.15, 0.2) is 0 Å². The molecule has 0 aromatic carbocycles. The zero-order chi connectivity index (χ0) is 9.26. The van der Waals surface area contributed by atoms with Crippen molar-refractivity contribution in [3.63, 3.8) is 0 Å². The highest BCUT2D eigenvalue weighted by Crippen LogP contribution is 2.34. The van der Waals surface area contributed by atoms with Gasteiger partial charge >= 0.3 is 0 Å². The van der Waals surface area contributed by atoms with Crippen LogP contribution in [0.25, 0.3) is 0 Å². The van der Waals surface area contributed by atoms with Gasteiger partial charge in [-0.1, -0.05) is 19.3 Å². The summed E-state index contributed by atoms with van der Waals surface area (Å²) in [5.74, 6) is 0.654. The average Bonchev–Trinajstić information content (AvgIpc) is 2.48. The van der Waals surface area contributed by atoms with E-state index in [4.69, 9.17) is 5.73 Å². The Morgan fingerprint density at radius 1 is 1.38 bits per heavy atom. The van der Waals surface area contributed by atoms with Gasteiger partial charge in [0, 0.05) is 13.0 Å². The summed E-state index contributed by atoms with van der Waals surface area (Å²) in [6.45, 7) is 0. The number of anilines is 1. The largest absolute Gasteiger partial charge is 0.396 e. The molecule has 1 saturated carbocycles. The van der Waals surface area contributed by atoms with Gasteiger partial charge in [0.25, 0.3) is 0 Å². The van der Waals surface area contributed by atoms with Crippen molar-refractivity contribution in [1.29, 1.82) is 0 Å². The van der Waals surface area contributed by atoms with E-state index in [2.05, 4.69) is 5.10 Å². The van der Waals surface area contributed by atoms with Crippen molar-refractivity contribution in [2.24, 2.45) is 7.05 Å². The maximum absolute atomic E-state index is 5.89. The number of hydrogen-bond donors (Lipinski definition) is 1. The van der Waals surface area contributed by atoms with E-state index in [0.29, 0.717) is 5.92 Å². The van der Waals surface area contributed by atoms with E-state index in [9.17, 15) is 0 Å². The number of nitrogens with zero attached hydrogens (tertiary/aromatic N) is 2. The molecule has 0 unspecified atom stereocenters. The van der Waals surface area contributed by atoms with Crippen molar-refractivity contribution in [2.75, 3.05) is 5.73 Å². The monoisotopic (exact) mass is 179 g/mol. The molecule has 1 aromatic rings. The Hall–Kier alpha value is -0.990. The van der Waals surface area contributed by atoms with E-state index in [0.717, 1.165) is 5.69 Å². The normalized spacial score (nSPS) is 19.2. The molecule has 0 radical (unpaired) electrons. The molecule has 1 fully saturated rings. The average molecular weight is 179 g/mol. The van der Waals surface area contributed by atoms with Gasteiger partial charge in [-0.05, 0) is 12.8 Å². The van der Waals surface area contributed by atoms with Crippen LogP contribution in [0.3, 0.4) is 0 Å². The molecule has 2 rings (SSSR count).